The van der Waals surface area contributed by atoms with Gasteiger partial charge in [-0.15, -0.1) is 0 Å². The van der Waals surface area contributed by atoms with Gasteiger partial charge in [0, 0.05) is 19.6 Å². The van der Waals surface area contributed by atoms with Crippen LogP contribution in [0.3, 0.4) is 0 Å². The molecule has 1 aromatic rings. The number of rotatable bonds is 2. The van der Waals surface area contributed by atoms with E-state index < -0.39 is 0 Å². The summed E-state index contributed by atoms with van der Waals surface area (Å²) in [7, 11) is 0. The first-order chi connectivity index (χ1) is 7.81. The van der Waals surface area contributed by atoms with Gasteiger partial charge in [-0.1, -0.05) is 12.5 Å². The first kappa shape index (κ1) is 10.2. The highest BCUT2D eigenvalue weighted by atomic mass is 16.3. The van der Waals surface area contributed by atoms with Crippen LogP contribution in [0.5, 0.6) is 5.75 Å². The maximum absolute atomic E-state index is 9.50. The van der Waals surface area contributed by atoms with Crippen molar-refractivity contribution in [3.05, 3.63) is 29.3 Å². The molecule has 2 aliphatic rings. The monoisotopic (exact) mass is 217 g/mol. The Balaban J connectivity index is 1.69. The minimum Gasteiger partial charge on any atom is -0.508 e. The quantitative estimate of drug-likeness (QED) is 0.823. The highest BCUT2D eigenvalue weighted by Crippen LogP contribution is 2.29. The van der Waals surface area contributed by atoms with E-state index >= 15 is 0 Å². The molecule has 86 valence electrons. The summed E-state index contributed by atoms with van der Waals surface area (Å²) in [5, 5.41) is 9.50. The smallest absolute Gasteiger partial charge is 0.115 e. The predicted octanol–water partition coefficient (Wildman–Crippen LogP) is 2.55. The molecular formula is C14H19NO. The van der Waals surface area contributed by atoms with E-state index in [0.717, 1.165) is 18.9 Å². The van der Waals surface area contributed by atoms with E-state index in [9.17, 15) is 5.11 Å². The van der Waals surface area contributed by atoms with Gasteiger partial charge in [-0.25, -0.2) is 0 Å². The number of phenols is 1. The lowest BCUT2D eigenvalue weighted by atomic mass is 9.84. The third kappa shape index (κ3) is 1.94. The average Bonchev–Trinajstić information content (AvgIpc) is 2.23. The molecule has 1 aliphatic heterocycles. The summed E-state index contributed by atoms with van der Waals surface area (Å²) in [6.45, 7) is 3.48. The molecule has 0 aromatic heterocycles. The van der Waals surface area contributed by atoms with Gasteiger partial charge >= 0.3 is 0 Å². The standard InChI is InChI=1S/C14H19NO/c16-14-5-4-12-6-7-15(10-13(12)8-14)9-11-2-1-3-11/h4-5,8,11,16H,1-3,6-7,9-10H2. The van der Waals surface area contributed by atoms with Crippen molar-refractivity contribution >= 4 is 0 Å². The van der Waals surface area contributed by atoms with Crippen LogP contribution in [0.4, 0.5) is 0 Å². The minimum atomic E-state index is 0.407. The topological polar surface area (TPSA) is 23.5 Å². The molecule has 0 saturated heterocycles. The van der Waals surface area contributed by atoms with Crippen molar-refractivity contribution in [2.45, 2.75) is 32.2 Å². The zero-order valence-corrected chi connectivity index (χ0v) is 9.65. The Kier molecular flexibility index (Phi) is 2.60. The number of hydrogen-bond acceptors (Lipinski definition) is 2. The van der Waals surface area contributed by atoms with E-state index in [1.165, 1.54) is 43.5 Å². The Hall–Kier alpha value is -1.02. The summed E-state index contributed by atoms with van der Waals surface area (Å²) in [5.41, 5.74) is 2.74. The van der Waals surface area contributed by atoms with Gasteiger partial charge in [-0.2, -0.15) is 0 Å². The van der Waals surface area contributed by atoms with Gasteiger partial charge in [-0.3, -0.25) is 4.90 Å². The SMILES string of the molecule is Oc1ccc2c(c1)CN(CC1CCC1)CC2. The first-order valence-corrected chi connectivity index (χ1v) is 6.34. The van der Waals surface area contributed by atoms with E-state index in [1.54, 1.807) is 6.07 Å². The van der Waals surface area contributed by atoms with Crippen LogP contribution in [0.2, 0.25) is 0 Å². The zero-order chi connectivity index (χ0) is 11.0. The fraction of sp³-hybridized carbons (Fsp3) is 0.571. The molecule has 16 heavy (non-hydrogen) atoms. The van der Waals surface area contributed by atoms with Gasteiger partial charge in [0.05, 0.1) is 0 Å². The molecule has 1 aliphatic carbocycles. The minimum absolute atomic E-state index is 0.407. The molecule has 0 amide bonds. The van der Waals surface area contributed by atoms with Crippen LogP contribution in [0.1, 0.15) is 30.4 Å². The largest absolute Gasteiger partial charge is 0.508 e. The summed E-state index contributed by atoms with van der Waals surface area (Å²) in [4.78, 5) is 2.55. The number of hydrogen-bond donors (Lipinski definition) is 1. The number of benzene rings is 1. The molecule has 2 nitrogen and oxygen atoms in total. The molecule has 2 heteroatoms. The van der Waals surface area contributed by atoms with E-state index in [4.69, 9.17) is 0 Å². The molecule has 1 saturated carbocycles. The Bertz CT molecular complexity index is 384. The molecule has 0 spiro atoms. The van der Waals surface area contributed by atoms with E-state index in [-0.39, 0.29) is 0 Å². The van der Waals surface area contributed by atoms with Crippen molar-refractivity contribution in [1.82, 2.24) is 4.90 Å². The van der Waals surface area contributed by atoms with Crippen molar-refractivity contribution in [2.75, 3.05) is 13.1 Å². The highest BCUT2D eigenvalue weighted by Gasteiger charge is 2.23. The van der Waals surface area contributed by atoms with Crippen LogP contribution in [0, 0.1) is 5.92 Å². The normalized spacial score (nSPS) is 21.5. The second-order valence-corrected chi connectivity index (χ2v) is 5.24. The Morgan fingerprint density at radius 2 is 2.12 bits per heavy atom. The van der Waals surface area contributed by atoms with Gasteiger partial charge in [0.15, 0.2) is 0 Å². The van der Waals surface area contributed by atoms with Crippen LogP contribution in [-0.2, 0) is 13.0 Å². The van der Waals surface area contributed by atoms with Crippen LogP contribution in [0.15, 0.2) is 18.2 Å². The summed E-state index contributed by atoms with van der Waals surface area (Å²) in [6.07, 6.45) is 5.41. The van der Waals surface area contributed by atoms with Crippen molar-refractivity contribution in [1.29, 1.82) is 0 Å². The molecule has 0 atom stereocenters. The summed E-state index contributed by atoms with van der Waals surface area (Å²) >= 11 is 0. The second kappa shape index (κ2) is 4.10. The Morgan fingerprint density at radius 3 is 2.88 bits per heavy atom. The lowest BCUT2D eigenvalue weighted by molar-refractivity contribution is 0.165. The van der Waals surface area contributed by atoms with Crippen molar-refractivity contribution in [3.63, 3.8) is 0 Å². The predicted molar refractivity (Wildman–Crippen MR) is 64.4 cm³/mol. The number of fused-ring (bicyclic) bond motifs is 1. The molecule has 1 fully saturated rings. The molecule has 0 radical (unpaired) electrons. The van der Waals surface area contributed by atoms with Gasteiger partial charge in [-0.05, 0) is 48.4 Å². The molecular weight excluding hydrogens is 198 g/mol. The Labute approximate surface area is 96.9 Å². The maximum atomic E-state index is 9.50. The summed E-state index contributed by atoms with van der Waals surface area (Å²) in [5.74, 6) is 1.35. The van der Waals surface area contributed by atoms with Crippen molar-refractivity contribution < 1.29 is 5.11 Å². The van der Waals surface area contributed by atoms with E-state index in [1.807, 2.05) is 6.07 Å². The molecule has 0 bridgehead atoms. The van der Waals surface area contributed by atoms with Gasteiger partial charge in [0.25, 0.3) is 0 Å². The molecule has 1 aromatic carbocycles. The fourth-order valence-corrected chi connectivity index (χ4v) is 2.80. The van der Waals surface area contributed by atoms with Crippen molar-refractivity contribution in [2.24, 2.45) is 5.92 Å². The van der Waals surface area contributed by atoms with Gasteiger partial charge < -0.3 is 5.11 Å². The molecule has 0 unspecified atom stereocenters. The fourth-order valence-electron chi connectivity index (χ4n) is 2.80. The van der Waals surface area contributed by atoms with Gasteiger partial charge in [0.1, 0.15) is 5.75 Å². The average molecular weight is 217 g/mol. The van der Waals surface area contributed by atoms with Crippen molar-refractivity contribution in [3.8, 4) is 5.75 Å². The number of aromatic hydroxyl groups is 1. The van der Waals surface area contributed by atoms with Gasteiger partial charge in [0.2, 0.25) is 0 Å². The summed E-state index contributed by atoms with van der Waals surface area (Å²) in [6, 6.07) is 5.81. The molecule has 1 N–H and O–H groups in total. The number of phenolic OH excluding ortho intramolecular Hbond substituents is 1. The van der Waals surface area contributed by atoms with Crippen LogP contribution in [0.25, 0.3) is 0 Å². The van der Waals surface area contributed by atoms with Crippen LogP contribution in [-0.4, -0.2) is 23.1 Å². The number of nitrogens with zero attached hydrogens (tertiary/aromatic N) is 1. The van der Waals surface area contributed by atoms with Crippen LogP contribution >= 0.6 is 0 Å². The van der Waals surface area contributed by atoms with E-state index in [0.29, 0.717) is 5.75 Å². The highest BCUT2D eigenvalue weighted by molar-refractivity contribution is 5.36. The lowest BCUT2D eigenvalue weighted by Crippen LogP contribution is -2.36. The molecule has 3 rings (SSSR count). The zero-order valence-electron chi connectivity index (χ0n) is 9.65. The van der Waals surface area contributed by atoms with E-state index in [2.05, 4.69) is 11.0 Å². The lowest BCUT2D eigenvalue weighted by Gasteiger charge is -2.35. The third-order valence-electron chi connectivity index (χ3n) is 4.02. The van der Waals surface area contributed by atoms with Crippen LogP contribution < -0.4 is 0 Å². The third-order valence-corrected chi connectivity index (χ3v) is 4.02. The summed E-state index contributed by atoms with van der Waals surface area (Å²) < 4.78 is 0. The first-order valence-electron chi connectivity index (χ1n) is 6.34. The molecule has 1 heterocycles. The Morgan fingerprint density at radius 1 is 1.25 bits per heavy atom. The maximum Gasteiger partial charge on any atom is 0.115 e. The second-order valence-electron chi connectivity index (χ2n) is 5.24.